The van der Waals surface area contributed by atoms with Crippen molar-refractivity contribution in [2.75, 3.05) is 13.2 Å². The zero-order valence-electron chi connectivity index (χ0n) is 5.31. The van der Waals surface area contributed by atoms with Crippen LogP contribution in [0.5, 0.6) is 0 Å². The average molecular weight is 118 g/mol. The summed E-state index contributed by atoms with van der Waals surface area (Å²) < 4.78 is 5.18. The lowest BCUT2D eigenvalue weighted by atomic mass is 10.1. The summed E-state index contributed by atoms with van der Waals surface area (Å²) in [4.78, 5) is 0. The maximum absolute atomic E-state index is 5.18. The molecule has 2 N–H and O–H groups in total. The first-order valence-electron chi connectivity index (χ1n) is 2.97. The third kappa shape index (κ3) is 2.28. The van der Waals surface area contributed by atoms with Gasteiger partial charge in [-0.05, 0) is 18.8 Å². The van der Waals surface area contributed by atoms with E-state index < -0.39 is 0 Å². The van der Waals surface area contributed by atoms with Gasteiger partial charge in [0, 0.05) is 13.2 Å². The summed E-state index contributed by atoms with van der Waals surface area (Å²) in [5, 5.41) is 0. The molecule has 0 saturated carbocycles. The highest BCUT2D eigenvalue weighted by Crippen LogP contribution is 2.10. The molecule has 1 heterocycles. The molecule has 0 amide bonds. The van der Waals surface area contributed by atoms with Crippen LogP contribution in [0, 0.1) is 5.92 Å². The smallest absolute Gasteiger partial charge is 0.0491 e. The fourth-order valence-corrected chi connectivity index (χ4v) is 0.902. The molecule has 0 aromatic heterocycles. The van der Waals surface area contributed by atoms with Gasteiger partial charge < -0.3 is 10.2 Å². The first-order valence-corrected chi connectivity index (χ1v) is 2.97. The predicted octanol–water partition coefficient (Wildman–Crippen LogP) is 0.608. The number of hydrogen-bond acceptors (Lipinski definition) is 1. The molecule has 1 aliphatic heterocycles. The normalized spacial score (nSPS) is 28.9. The van der Waals surface area contributed by atoms with Crippen LogP contribution in [0.1, 0.15) is 19.8 Å². The van der Waals surface area contributed by atoms with Crippen LogP contribution in [0.15, 0.2) is 0 Å². The Labute approximate surface area is 50.2 Å². The maximum atomic E-state index is 5.18. The Morgan fingerprint density at radius 2 is 2.25 bits per heavy atom. The minimum atomic E-state index is 0. The van der Waals surface area contributed by atoms with Crippen LogP contribution in [0.2, 0.25) is 0 Å². The second-order valence-electron chi connectivity index (χ2n) is 2.32. The zero-order chi connectivity index (χ0) is 5.11. The Morgan fingerprint density at radius 1 is 1.50 bits per heavy atom. The van der Waals surface area contributed by atoms with Crippen molar-refractivity contribution in [2.24, 2.45) is 5.92 Å². The van der Waals surface area contributed by atoms with Crippen LogP contribution >= 0.6 is 0 Å². The van der Waals surface area contributed by atoms with E-state index in [2.05, 4.69) is 6.92 Å². The number of hydrogen-bond donors (Lipinski definition) is 0. The minimum absolute atomic E-state index is 0. The van der Waals surface area contributed by atoms with E-state index in [9.17, 15) is 0 Å². The fourth-order valence-electron chi connectivity index (χ4n) is 0.902. The lowest BCUT2D eigenvalue weighted by Crippen LogP contribution is -2.13. The van der Waals surface area contributed by atoms with Gasteiger partial charge in [0.15, 0.2) is 0 Å². The SMILES string of the molecule is CC1CCCOC1.O. The highest BCUT2D eigenvalue weighted by Gasteiger charge is 2.06. The summed E-state index contributed by atoms with van der Waals surface area (Å²) in [7, 11) is 0. The second kappa shape index (κ2) is 3.87. The Kier molecular flexibility index (Phi) is 3.83. The molecular formula is C6H14O2. The molecule has 0 radical (unpaired) electrons. The Hall–Kier alpha value is -0.0800. The van der Waals surface area contributed by atoms with Crippen LogP contribution in [-0.4, -0.2) is 18.7 Å². The third-order valence-electron chi connectivity index (χ3n) is 1.39. The maximum Gasteiger partial charge on any atom is 0.0491 e. The van der Waals surface area contributed by atoms with Crippen molar-refractivity contribution in [1.82, 2.24) is 0 Å². The van der Waals surface area contributed by atoms with Gasteiger partial charge in [0.05, 0.1) is 0 Å². The molecule has 50 valence electrons. The Balaban J connectivity index is 0.000000490. The molecule has 0 aliphatic carbocycles. The standard InChI is InChI=1S/C6H12O.H2O/c1-6-3-2-4-7-5-6;/h6H,2-5H2,1H3;1H2. The molecule has 1 rings (SSSR count). The van der Waals surface area contributed by atoms with Gasteiger partial charge in [-0.15, -0.1) is 0 Å². The summed E-state index contributed by atoms with van der Waals surface area (Å²) in [6.45, 7) is 4.21. The third-order valence-corrected chi connectivity index (χ3v) is 1.39. The highest BCUT2D eigenvalue weighted by molar-refractivity contribution is 4.55. The first kappa shape index (κ1) is 7.92. The molecule has 1 saturated heterocycles. The summed E-state index contributed by atoms with van der Waals surface area (Å²) in [5.41, 5.74) is 0. The molecule has 1 atom stereocenters. The summed E-state index contributed by atoms with van der Waals surface area (Å²) in [6, 6.07) is 0. The Bertz CT molecular complexity index is 48.5. The van der Waals surface area contributed by atoms with Crippen molar-refractivity contribution >= 4 is 0 Å². The Morgan fingerprint density at radius 3 is 2.50 bits per heavy atom. The molecule has 2 nitrogen and oxygen atoms in total. The number of rotatable bonds is 0. The van der Waals surface area contributed by atoms with E-state index in [0.717, 1.165) is 19.1 Å². The fraction of sp³-hybridized carbons (Fsp3) is 1.00. The largest absolute Gasteiger partial charge is 0.412 e. The minimum Gasteiger partial charge on any atom is -0.412 e. The lowest BCUT2D eigenvalue weighted by Gasteiger charge is -2.16. The van der Waals surface area contributed by atoms with Gasteiger partial charge in [0.2, 0.25) is 0 Å². The van der Waals surface area contributed by atoms with E-state index in [1.54, 1.807) is 0 Å². The van der Waals surface area contributed by atoms with Gasteiger partial charge in [-0.1, -0.05) is 6.92 Å². The molecule has 1 unspecified atom stereocenters. The molecule has 0 bridgehead atoms. The molecular weight excluding hydrogens is 104 g/mol. The van der Waals surface area contributed by atoms with Gasteiger partial charge in [0.1, 0.15) is 0 Å². The predicted molar refractivity (Wildman–Crippen MR) is 32.8 cm³/mol. The van der Waals surface area contributed by atoms with Crippen LogP contribution in [-0.2, 0) is 4.74 Å². The second-order valence-corrected chi connectivity index (χ2v) is 2.32. The zero-order valence-corrected chi connectivity index (χ0v) is 5.31. The van der Waals surface area contributed by atoms with Gasteiger partial charge in [0.25, 0.3) is 0 Å². The topological polar surface area (TPSA) is 40.7 Å². The average Bonchev–Trinajstić information content (AvgIpc) is 1.69. The molecule has 2 heteroatoms. The summed E-state index contributed by atoms with van der Waals surface area (Å²) in [6.07, 6.45) is 2.63. The van der Waals surface area contributed by atoms with Crippen LogP contribution in [0.3, 0.4) is 0 Å². The van der Waals surface area contributed by atoms with Crippen LogP contribution in [0.4, 0.5) is 0 Å². The molecule has 0 aromatic carbocycles. The molecule has 0 spiro atoms. The van der Waals surface area contributed by atoms with E-state index in [1.807, 2.05) is 0 Å². The van der Waals surface area contributed by atoms with Crippen molar-refractivity contribution in [2.45, 2.75) is 19.8 Å². The molecule has 0 aromatic rings. The summed E-state index contributed by atoms with van der Waals surface area (Å²) in [5.74, 6) is 0.814. The lowest BCUT2D eigenvalue weighted by molar-refractivity contribution is 0.0616. The van der Waals surface area contributed by atoms with E-state index in [-0.39, 0.29) is 5.48 Å². The van der Waals surface area contributed by atoms with Crippen molar-refractivity contribution < 1.29 is 10.2 Å². The van der Waals surface area contributed by atoms with Crippen molar-refractivity contribution in [3.63, 3.8) is 0 Å². The molecule has 8 heavy (non-hydrogen) atoms. The van der Waals surface area contributed by atoms with Gasteiger partial charge >= 0.3 is 0 Å². The van der Waals surface area contributed by atoms with Crippen molar-refractivity contribution in [1.29, 1.82) is 0 Å². The highest BCUT2D eigenvalue weighted by atomic mass is 16.5. The van der Waals surface area contributed by atoms with Crippen LogP contribution < -0.4 is 0 Å². The quantitative estimate of drug-likeness (QED) is 0.459. The van der Waals surface area contributed by atoms with E-state index in [1.165, 1.54) is 12.8 Å². The number of ether oxygens (including phenoxy) is 1. The van der Waals surface area contributed by atoms with E-state index >= 15 is 0 Å². The van der Waals surface area contributed by atoms with E-state index in [4.69, 9.17) is 4.74 Å². The van der Waals surface area contributed by atoms with Crippen LogP contribution in [0.25, 0.3) is 0 Å². The first-order chi connectivity index (χ1) is 3.39. The molecule has 1 fully saturated rings. The van der Waals surface area contributed by atoms with Crippen molar-refractivity contribution in [3.05, 3.63) is 0 Å². The molecule has 1 aliphatic rings. The van der Waals surface area contributed by atoms with Gasteiger partial charge in [-0.2, -0.15) is 0 Å². The summed E-state index contributed by atoms with van der Waals surface area (Å²) >= 11 is 0. The van der Waals surface area contributed by atoms with E-state index in [0.29, 0.717) is 0 Å². The van der Waals surface area contributed by atoms with Gasteiger partial charge in [-0.3, -0.25) is 0 Å². The van der Waals surface area contributed by atoms with Crippen molar-refractivity contribution in [3.8, 4) is 0 Å². The van der Waals surface area contributed by atoms with Gasteiger partial charge in [-0.25, -0.2) is 0 Å². The monoisotopic (exact) mass is 118 g/mol.